The minimum absolute atomic E-state index is 0.0438. The molecule has 1 fully saturated rings. The summed E-state index contributed by atoms with van der Waals surface area (Å²) in [5, 5.41) is 4.29. The Balaban J connectivity index is 1.43. The molecule has 1 aromatic heterocycles. The van der Waals surface area contributed by atoms with Gasteiger partial charge in [0.25, 0.3) is 5.91 Å². The second kappa shape index (κ2) is 7.62. The molecule has 0 bridgehead atoms. The van der Waals surface area contributed by atoms with Crippen molar-refractivity contribution in [2.45, 2.75) is 26.4 Å². The van der Waals surface area contributed by atoms with E-state index >= 15 is 0 Å². The number of likely N-dealkylation sites (tertiary alicyclic amines) is 1. The molecule has 2 heterocycles. The van der Waals surface area contributed by atoms with Gasteiger partial charge in [-0.25, -0.2) is 0 Å². The molecular formula is C19H25N3O2. The van der Waals surface area contributed by atoms with Crippen LogP contribution in [0.1, 0.15) is 34.6 Å². The first-order valence-corrected chi connectivity index (χ1v) is 8.55. The van der Waals surface area contributed by atoms with Crippen LogP contribution in [0.3, 0.4) is 0 Å². The molecule has 0 N–H and O–H groups in total. The standard InChI is InChI=1S/C19H25N3O2/c1-15-12-18(20-21(15)2)19(23)22-10-8-17(9-11-22)14-24-13-16-6-4-3-5-7-16/h3-7,12,17H,8-11,13-14H2,1-2H3. The molecule has 2 aromatic rings. The third-order valence-electron chi connectivity index (χ3n) is 4.70. The Kier molecular flexibility index (Phi) is 5.30. The largest absolute Gasteiger partial charge is 0.376 e. The fourth-order valence-corrected chi connectivity index (χ4v) is 3.05. The van der Waals surface area contributed by atoms with Gasteiger partial charge in [0.2, 0.25) is 0 Å². The molecule has 0 unspecified atom stereocenters. The summed E-state index contributed by atoms with van der Waals surface area (Å²) >= 11 is 0. The molecule has 1 saturated heterocycles. The van der Waals surface area contributed by atoms with Crippen LogP contribution in [0.5, 0.6) is 0 Å². The monoisotopic (exact) mass is 327 g/mol. The molecule has 0 radical (unpaired) electrons. The number of ether oxygens (including phenoxy) is 1. The van der Waals surface area contributed by atoms with Crippen LogP contribution in [0.15, 0.2) is 36.4 Å². The van der Waals surface area contributed by atoms with Crippen molar-refractivity contribution >= 4 is 5.91 Å². The normalized spacial score (nSPS) is 15.7. The molecule has 128 valence electrons. The smallest absolute Gasteiger partial charge is 0.274 e. The number of rotatable bonds is 5. The Bertz CT molecular complexity index is 654. The van der Waals surface area contributed by atoms with Gasteiger partial charge in [0.15, 0.2) is 5.69 Å². The summed E-state index contributed by atoms with van der Waals surface area (Å²) in [6.07, 6.45) is 1.98. The van der Waals surface area contributed by atoms with Crippen molar-refractivity contribution in [2.24, 2.45) is 13.0 Å². The zero-order valence-corrected chi connectivity index (χ0v) is 14.4. The van der Waals surface area contributed by atoms with Crippen molar-refractivity contribution in [1.82, 2.24) is 14.7 Å². The Labute approximate surface area is 143 Å². The summed E-state index contributed by atoms with van der Waals surface area (Å²) in [7, 11) is 1.86. The summed E-state index contributed by atoms with van der Waals surface area (Å²) in [4.78, 5) is 14.4. The minimum Gasteiger partial charge on any atom is -0.376 e. The summed E-state index contributed by atoms with van der Waals surface area (Å²) in [6, 6.07) is 12.1. The van der Waals surface area contributed by atoms with Gasteiger partial charge in [0.05, 0.1) is 6.61 Å². The molecule has 0 aliphatic carbocycles. The van der Waals surface area contributed by atoms with Crippen molar-refractivity contribution in [3.63, 3.8) is 0 Å². The molecule has 3 rings (SSSR count). The lowest BCUT2D eigenvalue weighted by atomic mass is 9.97. The summed E-state index contributed by atoms with van der Waals surface area (Å²) in [6.45, 7) is 4.95. The highest BCUT2D eigenvalue weighted by atomic mass is 16.5. The molecule has 1 amide bonds. The number of nitrogens with zero attached hydrogens (tertiary/aromatic N) is 3. The molecule has 0 spiro atoms. The molecule has 5 heteroatoms. The maximum Gasteiger partial charge on any atom is 0.274 e. The maximum atomic E-state index is 12.5. The first-order chi connectivity index (χ1) is 11.6. The fraction of sp³-hybridized carbons (Fsp3) is 0.474. The van der Waals surface area contributed by atoms with Gasteiger partial charge in [-0.1, -0.05) is 30.3 Å². The SMILES string of the molecule is Cc1cc(C(=O)N2CCC(COCc3ccccc3)CC2)nn1C. The topological polar surface area (TPSA) is 47.4 Å². The Hall–Kier alpha value is -2.14. The Morgan fingerprint density at radius 3 is 2.58 bits per heavy atom. The van der Waals surface area contributed by atoms with Gasteiger partial charge in [-0.15, -0.1) is 0 Å². The third kappa shape index (κ3) is 4.03. The van der Waals surface area contributed by atoms with Crippen LogP contribution in [-0.4, -0.2) is 40.3 Å². The second-order valence-corrected chi connectivity index (χ2v) is 6.53. The number of aromatic nitrogens is 2. The van der Waals surface area contributed by atoms with E-state index in [1.807, 2.05) is 43.1 Å². The van der Waals surface area contributed by atoms with Crippen LogP contribution >= 0.6 is 0 Å². The number of piperidine rings is 1. The predicted octanol–water partition coefficient (Wildman–Crippen LogP) is 2.80. The summed E-state index contributed by atoms with van der Waals surface area (Å²) in [5.41, 5.74) is 2.76. The van der Waals surface area contributed by atoms with Gasteiger partial charge < -0.3 is 9.64 Å². The van der Waals surface area contributed by atoms with E-state index in [1.54, 1.807) is 4.68 Å². The van der Waals surface area contributed by atoms with Gasteiger partial charge in [-0.05, 0) is 37.3 Å². The zero-order valence-electron chi connectivity index (χ0n) is 14.4. The molecule has 24 heavy (non-hydrogen) atoms. The fourth-order valence-electron chi connectivity index (χ4n) is 3.05. The molecule has 1 aromatic carbocycles. The van der Waals surface area contributed by atoms with Crippen molar-refractivity contribution < 1.29 is 9.53 Å². The number of hydrogen-bond donors (Lipinski definition) is 0. The second-order valence-electron chi connectivity index (χ2n) is 6.53. The third-order valence-corrected chi connectivity index (χ3v) is 4.70. The van der Waals surface area contributed by atoms with Crippen LogP contribution in [-0.2, 0) is 18.4 Å². The van der Waals surface area contributed by atoms with Gasteiger partial charge in [0.1, 0.15) is 0 Å². The lowest BCUT2D eigenvalue weighted by molar-refractivity contribution is 0.0475. The highest BCUT2D eigenvalue weighted by Gasteiger charge is 2.25. The summed E-state index contributed by atoms with van der Waals surface area (Å²) < 4.78 is 7.59. The van der Waals surface area contributed by atoms with Gasteiger partial charge >= 0.3 is 0 Å². The quantitative estimate of drug-likeness (QED) is 0.848. The van der Waals surface area contributed by atoms with Gasteiger partial charge in [0, 0.05) is 32.4 Å². The molecule has 5 nitrogen and oxygen atoms in total. The first-order valence-electron chi connectivity index (χ1n) is 8.55. The van der Waals surface area contributed by atoms with Crippen molar-refractivity contribution in [3.8, 4) is 0 Å². The molecular weight excluding hydrogens is 302 g/mol. The van der Waals surface area contributed by atoms with E-state index in [4.69, 9.17) is 4.74 Å². The zero-order chi connectivity index (χ0) is 16.9. The number of amides is 1. The highest BCUT2D eigenvalue weighted by molar-refractivity contribution is 5.92. The van der Waals surface area contributed by atoms with Gasteiger partial charge in [-0.3, -0.25) is 9.48 Å². The molecule has 0 atom stereocenters. The number of hydrogen-bond acceptors (Lipinski definition) is 3. The minimum atomic E-state index is 0.0438. The average Bonchev–Trinajstić information content (AvgIpc) is 2.95. The predicted molar refractivity (Wildman–Crippen MR) is 92.7 cm³/mol. The van der Waals surface area contributed by atoms with Crippen LogP contribution in [0, 0.1) is 12.8 Å². The van der Waals surface area contributed by atoms with E-state index in [0.29, 0.717) is 18.2 Å². The van der Waals surface area contributed by atoms with Crippen molar-refractivity contribution in [2.75, 3.05) is 19.7 Å². The Morgan fingerprint density at radius 2 is 1.96 bits per heavy atom. The lowest BCUT2D eigenvalue weighted by Crippen LogP contribution is -2.39. The van der Waals surface area contributed by atoms with Crippen LogP contribution < -0.4 is 0 Å². The Morgan fingerprint density at radius 1 is 1.25 bits per heavy atom. The van der Waals surface area contributed by atoms with E-state index in [1.165, 1.54) is 5.56 Å². The average molecular weight is 327 g/mol. The van der Waals surface area contributed by atoms with E-state index < -0.39 is 0 Å². The van der Waals surface area contributed by atoms with Crippen molar-refractivity contribution in [1.29, 1.82) is 0 Å². The lowest BCUT2D eigenvalue weighted by Gasteiger charge is -2.31. The van der Waals surface area contributed by atoms with Crippen LogP contribution in [0.4, 0.5) is 0 Å². The maximum absolute atomic E-state index is 12.5. The number of carbonyl (C=O) groups excluding carboxylic acids is 1. The highest BCUT2D eigenvalue weighted by Crippen LogP contribution is 2.20. The van der Waals surface area contributed by atoms with E-state index in [0.717, 1.165) is 38.2 Å². The number of carbonyl (C=O) groups is 1. The van der Waals surface area contributed by atoms with Crippen LogP contribution in [0.25, 0.3) is 0 Å². The number of aryl methyl sites for hydroxylation is 2. The van der Waals surface area contributed by atoms with E-state index in [2.05, 4.69) is 17.2 Å². The first kappa shape index (κ1) is 16.7. The molecule has 0 saturated carbocycles. The molecule has 1 aliphatic rings. The molecule has 1 aliphatic heterocycles. The van der Waals surface area contributed by atoms with E-state index in [-0.39, 0.29) is 5.91 Å². The van der Waals surface area contributed by atoms with E-state index in [9.17, 15) is 4.79 Å². The van der Waals surface area contributed by atoms with Gasteiger partial charge in [-0.2, -0.15) is 5.10 Å². The van der Waals surface area contributed by atoms with Crippen LogP contribution in [0.2, 0.25) is 0 Å². The number of benzene rings is 1. The summed E-state index contributed by atoms with van der Waals surface area (Å²) in [5.74, 6) is 0.575. The van der Waals surface area contributed by atoms with Crippen molar-refractivity contribution in [3.05, 3.63) is 53.3 Å².